The maximum atomic E-state index is 12.5. The molecular weight excluding hydrogens is 274 g/mol. The van der Waals surface area contributed by atoms with E-state index >= 15 is 0 Å². The van der Waals surface area contributed by atoms with Crippen molar-refractivity contribution in [2.45, 2.75) is 40.5 Å². The molecule has 5 heteroatoms. The van der Waals surface area contributed by atoms with Crippen LogP contribution >= 0.6 is 11.3 Å². The van der Waals surface area contributed by atoms with Crippen molar-refractivity contribution in [2.75, 3.05) is 13.1 Å². The average Bonchev–Trinajstić information content (AvgIpc) is 2.68. The Morgan fingerprint density at radius 3 is 2.55 bits per heavy atom. The summed E-state index contributed by atoms with van der Waals surface area (Å²) in [5, 5.41) is 8.95. The zero-order chi connectivity index (χ0) is 15.3. The summed E-state index contributed by atoms with van der Waals surface area (Å²) < 4.78 is 0. The molecule has 0 unspecified atom stereocenters. The van der Waals surface area contributed by atoms with E-state index in [4.69, 9.17) is 5.11 Å². The zero-order valence-corrected chi connectivity index (χ0v) is 13.4. The molecule has 0 fully saturated rings. The highest BCUT2D eigenvalue weighted by Gasteiger charge is 2.21. The molecule has 4 nitrogen and oxygen atoms in total. The second-order valence-electron chi connectivity index (χ2n) is 5.42. The summed E-state index contributed by atoms with van der Waals surface area (Å²) >= 11 is 1.46. The Morgan fingerprint density at radius 2 is 2.05 bits per heavy atom. The predicted octanol–water partition coefficient (Wildman–Crippen LogP) is 3.19. The maximum Gasteiger partial charge on any atom is 0.323 e. The van der Waals surface area contributed by atoms with Crippen LogP contribution < -0.4 is 0 Å². The van der Waals surface area contributed by atoms with Gasteiger partial charge in [0.15, 0.2) is 0 Å². The Balaban J connectivity index is 2.93. The molecule has 0 aromatic carbocycles. The highest BCUT2D eigenvalue weighted by Crippen LogP contribution is 2.24. The number of carbonyl (C=O) groups is 2. The zero-order valence-electron chi connectivity index (χ0n) is 12.6. The standard InChI is InChI=1S/C15H23NO3S/c1-5-6-12-7-13(20-11(12)4)15(19)16(8-10(2)3)9-14(17)18/h7,10H,5-6,8-9H2,1-4H3,(H,17,18). The molecule has 0 bridgehead atoms. The van der Waals surface area contributed by atoms with Gasteiger partial charge < -0.3 is 10.0 Å². The summed E-state index contributed by atoms with van der Waals surface area (Å²) in [6.07, 6.45) is 1.99. The SMILES string of the molecule is CCCc1cc(C(=O)N(CC(=O)O)CC(C)C)sc1C. The van der Waals surface area contributed by atoms with Crippen molar-refractivity contribution >= 4 is 23.2 Å². The van der Waals surface area contributed by atoms with Crippen molar-refractivity contribution in [2.24, 2.45) is 5.92 Å². The molecule has 1 N–H and O–H groups in total. The normalized spacial score (nSPS) is 10.8. The Labute approximate surface area is 124 Å². The van der Waals surface area contributed by atoms with Gasteiger partial charge in [-0.3, -0.25) is 9.59 Å². The molecule has 0 saturated carbocycles. The van der Waals surface area contributed by atoms with Crippen molar-refractivity contribution in [3.05, 3.63) is 21.4 Å². The van der Waals surface area contributed by atoms with E-state index < -0.39 is 5.97 Å². The fourth-order valence-corrected chi connectivity index (χ4v) is 3.16. The maximum absolute atomic E-state index is 12.5. The van der Waals surface area contributed by atoms with Crippen molar-refractivity contribution in [3.63, 3.8) is 0 Å². The predicted molar refractivity (Wildman–Crippen MR) is 81.4 cm³/mol. The monoisotopic (exact) mass is 297 g/mol. The lowest BCUT2D eigenvalue weighted by Crippen LogP contribution is -2.37. The van der Waals surface area contributed by atoms with Crippen LogP contribution in [0.5, 0.6) is 0 Å². The van der Waals surface area contributed by atoms with E-state index in [2.05, 4.69) is 6.92 Å². The number of hydrogen-bond donors (Lipinski definition) is 1. The fraction of sp³-hybridized carbons (Fsp3) is 0.600. The van der Waals surface area contributed by atoms with Gasteiger partial charge >= 0.3 is 5.97 Å². The fourth-order valence-electron chi connectivity index (χ4n) is 2.12. The molecule has 1 heterocycles. The Morgan fingerprint density at radius 1 is 1.40 bits per heavy atom. The van der Waals surface area contributed by atoms with Crippen LogP contribution in [-0.2, 0) is 11.2 Å². The van der Waals surface area contributed by atoms with Gasteiger partial charge in [0.1, 0.15) is 6.54 Å². The van der Waals surface area contributed by atoms with Gasteiger partial charge in [0.2, 0.25) is 0 Å². The topological polar surface area (TPSA) is 57.6 Å². The molecule has 112 valence electrons. The third-order valence-corrected chi connectivity index (χ3v) is 4.03. The van der Waals surface area contributed by atoms with Crippen LogP contribution in [0.15, 0.2) is 6.07 Å². The third kappa shape index (κ3) is 4.63. The summed E-state index contributed by atoms with van der Waals surface area (Å²) in [6.45, 7) is 8.29. The molecule has 1 aromatic rings. The van der Waals surface area contributed by atoms with Crippen LogP contribution in [0.4, 0.5) is 0 Å². The largest absolute Gasteiger partial charge is 0.480 e. The Kier molecular flexibility index (Phi) is 6.20. The minimum Gasteiger partial charge on any atom is -0.480 e. The Bertz CT molecular complexity index is 479. The smallest absolute Gasteiger partial charge is 0.323 e. The van der Waals surface area contributed by atoms with Crippen LogP contribution in [-0.4, -0.2) is 35.0 Å². The highest BCUT2D eigenvalue weighted by atomic mass is 32.1. The second kappa shape index (κ2) is 7.43. The van der Waals surface area contributed by atoms with Gasteiger partial charge in [-0.05, 0) is 30.9 Å². The number of carbonyl (C=O) groups excluding carboxylic acids is 1. The number of amides is 1. The molecule has 1 amide bonds. The first-order valence-electron chi connectivity index (χ1n) is 6.95. The van der Waals surface area contributed by atoms with Gasteiger partial charge in [0.25, 0.3) is 5.91 Å². The summed E-state index contributed by atoms with van der Waals surface area (Å²) in [5.41, 5.74) is 1.20. The highest BCUT2D eigenvalue weighted by molar-refractivity contribution is 7.14. The van der Waals surface area contributed by atoms with Crippen molar-refractivity contribution in [1.82, 2.24) is 4.90 Å². The van der Waals surface area contributed by atoms with E-state index in [9.17, 15) is 9.59 Å². The van der Waals surface area contributed by atoms with E-state index in [1.807, 2.05) is 26.8 Å². The number of nitrogens with zero attached hydrogens (tertiary/aromatic N) is 1. The van der Waals surface area contributed by atoms with Gasteiger partial charge in [0, 0.05) is 11.4 Å². The lowest BCUT2D eigenvalue weighted by molar-refractivity contribution is -0.137. The number of hydrogen-bond acceptors (Lipinski definition) is 3. The summed E-state index contributed by atoms with van der Waals surface area (Å²) in [6, 6.07) is 1.92. The van der Waals surface area contributed by atoms with Gasteiger partial charge in [-0.1, -0.05) is 27.2 Å². The summed E-state index contributed by atoms with van der Waals surface area (Å²) in [5.74, 6) is -0.896. The van der Waals surface area contributed by atoms with Crippen molar-refractivity contribution in [1.29, 1.82) is 0 Å². The second-order valence-corrected chi connectivity index (χ2v) is 6.67. The molecule has 0 saturated heterocycles. The number of carboxylic acid groups (broad SMARTS) is 1. The summed E-state index contributed by atoms with van der Waals surface area (Å²) in [7, 11) is 0. The van der Waals surface area contributed by atoms with Gasteiger partial charge in [-0.15, -0.1) is 11.3 Å². The average molecular weight is 297 g/mol. The van der Waals surface area contributed by atoms with Gasteiger partial charge in [-0.2, -0.15) is 0 Å². The quantitative estimate of drug-likeness (QED) is 0.841. The molecule has 0 atom stereocenters. The molecule has 0 radical (unpaired) electrons. The first kappa shape index (κ1) is 16.7. The van der Waals surface area contributed by atoms with Crippen LogP contribution in [0.3, 0.4) is 0 Å². The minimum atomic E-state index is -0.971. The summed E-state index contributed by atoms with van der Waals surface area (Å²) in [4.78, 5) is 26.6. The van der Waals surface area contributed by atoms with Crippen molar-refractivity contribution < 1.29 is 14.7 Å². The van der Waals surface area contributed by atoms with Crippen LogP contribution in [0.25, 0.3) is 0 Å². The molecule has 0 aliphatic heterocycles. The number of thiophene rings is 1. The van der Waals surface area contributed by atoms with E-state index in [0.29, 0.717) is 11.4 Å². The first-order valence-corrected chi connectivity index (χ1v) is 7.77. The van der Waals surface area contributed by atoms with Crippen LogP contribution in [0, 0.1) is 12.8 Å². The molecule has 0 aliphatic rings. The van der Waals surface area contributed by atoms with E-state index in [-0.39, 0.29) is 18.4 Å². The van der Waals surface area contributed by atoms with Crippen LogP contribution in [0.2, 0.25) is 0 Å². The first-order chi connectivity index (χ1) is 9.35. The Hall–Kier alpha value is -1.36. The van der Waals surface area contributed by atoms with Crippen LogP contribution in [0.1, 0.15) is 47.3 Å². The van der Waals surface area contributed by atoms with Crippen molar-refractivity contribution in [3.8, 4) is 0 Å². The molecular formula is C15H23NO3S. The van der Waals surface area contributed by atoms with E-state index in [1.165, 1.54) is 21.8 Å². The number of rotatable bonds is 7. The number of aliphatic carboxylic acids is 1. The molecule has 0 aliphatic carbocycles. The molecule has 1 rings (SSSR count). The van der Waals surface area contributed by atoms with E-state index in [1.54, 1.807) is 0 Å². The molecule has 20 heavy (non-hydrogen) atoms. The minimum absolute atomic E-state index is 0.170. The van der Waals surface area contributed by atoms with E-state index in [0.717, 1.165) is 17.7 Å². The third-order valence-electron chi connectivity index (χ3n) is 2.95. The van der Waals surface area contributed by atoms with Gasteiger partial charge in [-0.25, -0.2) is 0 Å². The molecule has 0 spiro atoms. The van der Waals surface area contributed by atoms with Gasteiger partial charge in [0.05, 0.1) is 4.88 Å². The lowest BCUT2D eigenvalue weighted by Gasteiger charge is -2.22. The number of aryl methyl sites for hydroxylation is 2. The molecule has 1 aromatic heterocycles. The lowest BCUT2D eigenvalue weighted by atomic mass is 10.1. The number of carboxylic acids is 1.